The Kier molecular flexibility index (Phi) is 14.8. The molecule has 0 aliphatic rings. The van der Waals surface area contributed by atoms with Gasteiger partial charge in [-0.15, -0.1) is 0 Å². The predicted octanol–water partition coefficient (Wildman–Crippen LogP) is 0.508. The molecule has 0 aromatic carbocycles. The van der Waals surface area contributed by atoms with Gasteiger partial charge in [-0.3, -0.25) is 0 Å². The Bertz CT molecular complexity index is 124. The molecule has 0 bridgehead atoms. The molecule has 106 valence electrons. The first kappa shape index (κ1) is 19.7. The summed E-state index contributed by atoms with van der Waals surface area (Å²) in [5.41, 5.74) is 0. The summed E-state index contributed by atoms with van der Waals surface area (Å²) in [5.74, 6) is 0. The van der Waals surface area contributed by atoms with Crippen LogP contribution >= 0.6 is 0 Å². The van der Waals surface area contributed by atoms with Gasteiger partial charge < -0.3 is 12.9 Å². The van der Waals surface area contributed by atoms with Crippen molar-refractivity contribution in [3.8, 4) is 0 Å². The summed E-state index contributed by atoms with van der Waals surface area (Å²) in [5, 5.41) is 0. The number of hydrogen-bond acceptors (Lipinski definition) is 3. The Morgan fingerprint density at radius 2 is 0.941 bits per heavy atom. The second-order valence-electron chi connectivity index (χ2n) is 4.44. The summed E-state index contributed by atoms with van der Waals surface area (Å²) in [6.07, 6.45) is 5.33. The van der Waals surface area contributed by atoms with Crippen LogP contribution in [0, 0.1) is 14.8 Å². The molecule has 0 aliphatic heterocycles. The summed E-state index contributed by atoms with van der Waals surface area (Å²) < 4.78 is 25.7. The number of quaternary nitrogens is 1. The minimum atomic E-state index is -3.40. The fourth-order valence-corrected chi connectivity index (χ4v) is 2.57. The maximum Gasteiger partial charge on any atom is 0.433 e. The summed E-state index contributed by atoms with van der Waals surface area (Å²) >= 11 is -3.40. The number of rotatable bonds is 8. The van der Waals surface area contributed by atoms with Crippen LogP contribution in [0.4, 0.5) is 0 Å². The van der Waals surface area contributed by atoms with Gasteiger partial charge in [0.05, 0.1) is 26.2 Å². The van der Waals surface area contributed by atoms with Gasteiger partial charge in [0.25, 0.3) is 0 Å². The van der Waals surface area contributed by atoms with Crippen molar-refractivity contribution in [1.29, 1.82) is 0 Å². The van der Waals surface area contributed by atoms with Gasteiger partial charge in [-0.05, 0) is 29.9 Å². The Morgan fingerprint density at radius 3 is 1.06 bits per heavy atom. The molecule has 0 heterocycles. The monoisotopic (exact) mass is 314 g/mol. The maximum absolute atomic E-state index is 8.63. The fourth-order valence-electron chi connectivity index (χ4n) is 2.57. The first-order valence-corrected chi connectivity index (χ1v) is 8.58. The van der Waals surface area contributed by atoms with E-state index in [-0.39, 0.29) is 0 Å². The molecule has 5 heteroatoms. The summed E-state index contributed by atoms with van der Waals surface area (Å²) in [4.78, 5) is 0. The van der Waals surface area contributed by atoms with Gasteiger partial charge in [-0.1, -0.05) is 27.7 Å². The third kappa shape index (κ3) is 12.6. The minimum absolute atomic E-state index is 1.33. The topological polar surface area (TPSA) is 66.3 Å². The molecule has 0 amide bonds. The second-order valence-corrected chi connectivity index (χ2v) is 5.28. The van der Waals surface area contributed by atoms with E-state index in [4.69, 9.17) is 12.6 Å². The predicted molar refractivity (Wildman–Crippen MR) is 63.1 cm³/mol. The van der Waals surface area contributed by atoms with E-state index < -0.39 is 14.8 Å². The quantitative estimate of drug-likeness (QED) is 0.664. The van der Waals surface area contributed by atoms with Gasteiger partial charge in [0.2, 0.25) is 0 Å². The molecule has 0 unspecified atom stereocenters. The van der Waals surface area contributed by atoms with Gasteiger partial charge in [-0.25, -0.2) is 0 Å². The van der Waals surface area contributed by atoms with Gasteiger partial charge in [0.1, 0.15) is 0 Å². The van der Waals surface area contributed by atoms with Crippen molar-refractivity contribution in [2.75, 3.05) is 26.2 Å². The van der Waals surface area contributed by atoms with Crippen LogP contribution in [0.15, 0.2) is 0 Å². The first-order chi connectivity index (χ1) is 7.97. The van der Waals surface area contributed by atoms with Crippen LogP contribution in [0.25, 0.3) is 0 Å². The zero-order valence-electron chi connectivity index (χ0n) is 11.7. The molecule has 4 nitrogen and oxygen atoms in total. The van der Waals surface area contributed by atoms with Crippen LogP contribution in [-0.4, -0.2) is 34.9 Å². The van der Waals surface area contributed by atoms with Crippen LogP contribution < -0.4 is 8.40 Å². The Morgan fingerprint density at radius 1 is 0.765 bits per heavy atom. The highest BCUT2D eigenvalue weighted by atomic mass is 80.0. The molecule has 0 saturated carbocycles. The molecule has 0 aromatic heterocycles. The fraction of sp³-hybridized carbons (Fsp3) is 1.00. The van der Waals surface area contributed by atoms with Crippen molar-refractivity contribution in [3.63, 3.8) is 0 Å². The largest absolute Gasteiger partial charge is 0.433 e. The third-order valence-corrected chi connectivity index (χ3v) is 2.79. The van der Waals surface area contributed by atoms with E-state index >= 15 is 0 Å². The van der Waals surface area contributed by atoms with E-state index in [2.05, 4.69) is 27.7 Å². The number of hydrogen-bond donors (Lipinski definition) is 1. The summed E-state index contributed by atoms with van der Waals surface area (Å²) in [6.45, 7) is 14.8. The van der Waals surface area contributed by atoms with Crippen molar-refractivity contribution in [2.45, 2.75) is 53.4 Å². The Balaban J connectivity index is 0. The lowest BCUT2D eigenvalue weighted by Gasteiger charge is -2.38. The van der Waals surface area contributed by atoms with Crippen LogP contribution in [0.3, 0.4) is 0 Å². The lowest BCUT2D eigenvalue weighted by molar-refractivity contribution is -1.63. The van der Waals surface area contributed by atoms with Crippen molar-refractivity contribution in [3.05, 3.63) is 0 Å². The van der Waals surface area contributed by atoms with Crippen molar-refractivity contribution in [2.24, 2.45) is 0 Å². The van der Waals surface area contributed by atoms with Crippen molar-refractivity contribution < 1.29 is 31.9 Å². The normalized spacial score (nSPS) is 11.3. The molecule has 0 spiro atoms. The maximum atomic E-state index is 8.63. The standard InChI is InChI=1S/C12H28N.BrHO3/c1-5-9-13(10-6-2,11-7-3)12-8-4;2-1(3)4/h5-12H2,1-4H3;2H/q+1;. The molecule has 0 atom stereocenters. The van der Waals surface area contributed by atoms with Crippen LogP contribution in [0.2, 0.25) is 0 Å². The average Bonchev–Trinajstić information content (AvgIpc) is 2.18. The zero-order valence-corrected chi connectivity index (χ0v) is 13.3. The van der Waals surface area contributed by atoms with E-state index in [1.54, 1.807) is 0 Å². The van der Waals surface area contributed by atoms with Gasteiger partial charge >= 0.3 is 14.8 Å². The van der Waals surface area contributed by atoms with E-state index in [0.717, 1.165) is 0 Å². The highest BCUT2D eigenvalue weighted by Gasteiger charge is 2.22. The third-order valence-electron chi connectivity index (χ3n) is 2.79. The molecule has 0 fully saturated rings. The molecular weight excluding hydrogens is 286 g/mol. The molecule has 0 aromatic rings. The molecule has 0 rings (SSSR count). The van der Waals surface area contributed by atoms with E-state index in [0.29, 0.717) is 0 Å². The molecule has 17 heavy (non-hydrogen) atoms. The van der Waals surface area contributed by atoms with Crippen LogP contribution in [0.1, 0.15) is 53.4 Å². The van der Waals surface area contributed by atoms with Crippen LogP contribution in [0.5, 0.6) is 0 Å². The summed E-state index contributed by atoms with van der Waals surface area (Å²) in [6, 6.07) is 0. The minimum Gasteiger partial charge on any atom is -0.372 e. The smallest absolute Gasteiger partial charge is 0.372 e. The van der Waals surface area contributed by atoms with E-state index in [1.807, 2.05) is 0 Å². The molecule has 0 radical (unpaired) electrons. The highest BCUT2D eigenvalue weighted by molar-refractivity contribution is 4.43. The molecule has 0 saturated heterocycles. The number of halogens is 1. The van der Waals surface area contributed by atoms with Gasteiger partial charge in [0, 0.05) is 0 Å². The molecular formula is C12H29BrNO3+. The van der Waals surface area contributed by atoms with E-state index in [9.17, 15) is 0 Å². The SMILES string of the molecule is CCC[N+](CCC)(CCC)CCC.[O-][Br+2]([O-])O. The number of nitrogens with zero attached hydrogens (tertiary/aromatic N) is 1. The Labute approximate surface area is 112 Å². The van der Waals surface area contributed by atoms with Crippen molar-refractivity contribution in [1.82, 2.24) is 0 Å². The lowest BCUT2D eigenvalue weighted by atomic mass is 10.2. The van der Waals surface area contributed by atoms with Gasteiger partial charge in [-0.2, -0.15) is 0 Å². The zero-order chi connectivity index (χ0) is 13.7. The highest BCUT2D eigenvalue weighted by Crippen LogP contribution is 2.12. The first-order valence-electron chi connectivity index (χ1n) is 6.57. The molecule has 0 aliphatic carbocycles. The summed E-state index contributed by atoms with van der Waals surface area (Å²) in [7, 11) is 0. The van der Waals surface area contributed by atoms with E-state index in [1.165, 1.54) is 56.3 Å². The Hall–Kier alpha value is 0.320. The second kappa shape index (κ2) is 12.8. The van der Waals surface area contributed by atoms with Crippen molar-refractivity contribution >= 4 is 0 Å². The van der Waals surface area contributed by atoms with Gasteiger partial charge in [0.15, 0.2) is 0 Å². The molecule has 1 N–H and O–H groups in total. The lowest BCUT2D eigenvalue weighted by Crippen LogP contribution is -2.50. The average molecular weight is 315 g/mol. The van der Waals surface area contributed by atoms with Crippen LogP contribution in [-0.2, 0) is 0 Å².